The number of nitrogens with zero attached hydrogens (tertiary/aromatic N) is 2. The largest absolute Gasteiger partial charge is 0.313 e. The molecule has 2 aromatic rings. The molecule has 1 atom stereocenters. The van der Waals surface area contributed by atoms with Crippen LogP contribution in [0.2, 0.25) is 0 Å². The Bertz CT molecular complexity index is 572. The second-order valence-corrected chi connectivity index (χ2v) is 4.53. The minimum atomic E-state index is -0.919. The molecule has 0 spiro atoms. The first-order chi connectivity index (χ1) is 9.55. The second kappa shape index (κ2) is 6.09. The number of aromatic nitrogens is 2. The number of rotatable bonds is 5. The van der Waals surface area contributed by atoms with Crippen molar-refractivity contribution in [1.29, 1.82) is 0 Å². The van der Waals surface area contributed by atoms with Crippen LogP contribution >= 0.6 is 0 Å². The van der Waals surface area contributed by atoms with Crippen LogP contribution in [0.3, 0.4) is 0 Å². The summed E-state index contributed by atoms with van der Waals surface area (Å²) < 4.78 is 42.2. The standard InChI is InChI=1S/C14H16F3N3/c1-3-20-8-9(7-19-20)4-13(18-2)14-11(16)5-10(15)6-12(14)17/h5-8,13,18H,3-4H2,1-2H3. The lowest BCUT2D eigenvalue weighted by Crippen LogP contribution is -2.21. The molecule has 108 valence electrons. The molecule has 6 heteroatoms. The van der Waals surface area contributed by atoms with Gasteiger partial charge in [-0.3, -0.25) is 4.68 Å². The molecule has 0 fully saturated rings. The lowest BCUT2D eigenvalue weighted by molar-refractivity contribution is 0.475. The smallest absolute Gasteiger partial charge is 0.133 e. The summed E-state index contributed by atoms with van der Waals surface area (Å²) >= 11 is 0. The van der Waals surface area contributed by atoms with E-state index in [-0.39, 0.29) is 5.56 Å². The summed E-state index contributed by atoms with van der Waals surface area (Å²) in [5.41, 5.74) is 0.701. The van der Waals surface area contributed by atoms with Gasteiger partial charge in [-0.1, -0.05) is 0 Å². The molecule has 2 rings (SSSR count). The molecule has 1 aromatic heterocycles. The monoisotopic (exact) mass is 283 g/mol. The van der Waals surface area contributed by atoms with E-state index in [2.05, 4.69) is 10.4 Å². The van der Waals surface area contributed by atoms with E-state index in [1.807, 2.05) is 13.1 Å². The topological polar surface area (TPSA) is 29.9 Å². The average molecular weight is 283 g/mol. The average Bonchev–Trinajstić information content (AvgIpc) is 2.84. The fraction of sp³-hybridized carbons (Fsp3) is 0.357. The molecule has 1 N–H and O–H groups in total. The zero-order valence-corrected chi connectivity index (χ0v) is 11.3. The first kappa shape index (κ1) is 14.6. The number of halogens is 3. The van der Waals surface area contributed by atoms with E-state index in [0.29, 0.717) is 18.6 Å². The van der Waals surface area contributed by atoms with Crippen molar-refractivity contribution in [3.8, 4) is 0 Å². The highest BCUT2D eigenvalue weighted by Gasteiger charge is 2.21. The van der Waals surface area contributed by atoms with Gasteiger partial charge in [-0.15, -0.1) is 0 Å². The number of hydrogen-bond acceptors (Lipinski definition) is 2. The highest BCUT2D eigenvalue weighted by molar-refractivity contribution is 5.26. The predicted octanol–water partition coefficient (Wildman–Crippen LogP) is 2.82. The van der Waals surface area contributed by atoms with Crippen molar-refractivity contribution < 1.29 is 13.2 Å². The minimum Gasteiger partial charge on any atom is -0.313 e. The molecular formula is C14H16F3N3. The Balaban J connectivity index is 2.28. The van der Waals surface area contributed by atoms with Gasteiger partial charge in [0.15, 0.2) is 0 Å². The van der Waals surface area contributed by atoms with Gasteiger partial charge in [0.05, 0.1) is 6.20 Å². The van der Waals surface area contributed by atoms with Crippen LogP contribution in [0, 0.1) is 17.5 Å². The summed E-state index contributed by atoms with van der Waals surface area (Å²) in [5.74, 6) is -2.69. The number of nitrogens with one attached hydrogen (secondary N) is 1. The zero-order chi connectivity index (χ0) is 14.7. The van der Waals surface area contributed by atoms with Gasteiger partial charge in [0.2, 0.25) is 0 Å². The van der Waals surface area contributed by atoms with Crippen LogP contribution in [-0.2, 0) is 13.0 Å². The molecule has 0 saturated heterocycles. The Morgan fingerprint density at radius 1 is 1.25 bits per heavy atom. The van der Waals surface area contributed by atoms with Crippen LogP contribution < -0.4 is 5.32 Å². The van der Waals surface area contributed by atoms with E-state index in [9.17, 15) is 13.2 Å². The van der Waals surface area contributed by atoms with Crippen molar-refractivity contribution >= 4 is 0 Å². The summed E-state index contributed by atoms with van der Waals surface area (Å²) in [4.78, 5) is 0. The van der Waals surface area contributed by atoms with E-state index >= 15 is 0 Å². The SMILES string of the molecule is CCn1cc(CC(NC)c2c(F)cc(F)cc2F)cn1. The second-order valence-electron chi connectivity index (χ2n) is 4.53. The van der Waals surface area contributed by atoms with Crippen LogP contribution in [0.5, 0.6) is 0 Å². The van der Waals surface area contributed by atoms with Crippen LogP contribution in [0.1, 0.15) is 24.1 Å². The quantitative estimate of drug-likeness (QED) is 0.914. The van der Waals surface area contributed by atoms with Crippen molar-refractivity contribution in [3.05, 3.63) is 53.1 Å². The van der Waals surface area contributed by atoms with E-state index in [1.54, 1.807) is 17.9 Å². The molecule has 20 heavy (non-hydrogen) atoms. The Kier molecular flexibility index (Phi) is 4.44. The van der Waals surface area contributed by atoms with E-state index in [0.717, 1.165) is 12.1 Å². The van der Waals surface area contributed by atoms with Crippen LogP contribution in [0.4, 0.5) is 13.2 Å². The predicted molar refractivity (Wildman–Crippen MR) is 69.7 cm³/mol. The van der Waals surface area contributed by atoms with Crippen molar-refractivity contribution in [2.45, 2.75) is 25.9 Å². The molecule has 1 heterocycles. The number of benzene rings is 1. The third kappa shape index (κ3) is 3.01. The van der Waals surface area contributed by atoms with Crippen LogP contribution in [0.15, 0.2) is 24.5 Å². The molecule has 0 radical (unpaired) electrons. The van der Waals surface area contributed by atoms with Crippen LogP contribution in [-0.4, -0.2) is 16.8 Å². The first-order valence-corrected chi connectivity index (χ1v) is 6.38. The summed E-state index contributed by atoms with van der Waals surface area (Å²) in [6, 6.07) is 0.807. The summed E-state index contributed by atoms with van der Waals surface area (Å²) in [7, 11) is 1.61. The molecule has 1 aromatic carbocycles. The molecule has 0 aliphatic carbocycles. The van der Waals surface area contributed by atoms with Crippen molar-refractivity contribution in [2.24, 2.45) is 0 Å². The minimum absolute atomic E-state index is 0.154. The zero-order valence-electron chi connectivity index (χ0n) is 11.3. The van der Waals surface area contributed by atoms with Crippen molar-refractivity contribution in [1.82, 2.24) is 15.1 Å². The number of hydrogen-bond donors (Lipinski definition) is 1. The molecule has 0 bridgehead atoms. The van der Waals surface area contributed by atoms with Gasteiger partial charge in [-0.05, 0) is 26.0 Å². The summed E-state index contributed by atoms with van der Waals surface area (Å²) in [6.07, 6.45) is 3.85. The first-order valence-electron chi connectivity index (χ1n) is 6.38. The Morgan fingerprint density at radius 3 is 2.40 bits per heavy atom. The van der Waals surface area contributed by atoms with Crippen LogP contribution in [0.25, 0.3) is 0 Å². The molecule has 0 saturated carbocycles. The maximum Gasteiger partial charge on any atom is 0.133 e. The highest BCUT2D eigenvalue weighted by atomic mass is 19.1. The fourth-order valence-corrected chi connectivity index (χ4v) is 2.16. The Morgan fingerprint density at radius 2 is 1.90 bits per heavy atom. The molecular weight excluding hydrogens is 267 g/mol. The molecule has 0 aliphatic heterocycles. The number of likely N-dealkylation sites (N-methyl/N-ethyl adjacent to an activating group) is 1. The molecule has 0 amide bonds. The van der Waals surface area contributed by atoms with Gasteiger partial charge < -0.3 is 5.32 Å². The van der Waals surface area contributed by atoms with Gasteiger partial charge in [0.1, 0.15) is 17.5 Å². The maximum absolute atomic E-state index is 13.8. The summed E-state index contributed by atoms with van der Waals surface area (Å²) in [6.45, 7) is 2.68. The van der Waals surface area contributed by atoms with Gasteiger partial charge >= 0.3 is 0 Å². The van der Waals surface area contributed by atoms with Crippen molar-refractivity contribution in [3.63, 3.8) is 0 Å². The lowest BCUT2D eigenvalue weighted by Gasteiger charge is -2.17. The van der Waals surface area contributed by atoms with Crippen molar-refractivity contribution in [2.75, 3.05) is 7.05 Å². The van der Waals surface area contributed by atoms with E-state index in [1.165, 1.54) is 0 Å². The third-order valence-corrected chi connectivity index (χ3v) is 3.19. The lowest BCUT2D eigenvalue weighted by atomic mass is 9.99. The highest BCUT2D eigenvalue weighted by Crippen LogP contribution is 2.24. The van der Waals surface area contributed by atoms with E-state index < -0.39 is 23.5 Å². The van der Waals surface area contributed by atoms with Gasteiger partial charge in [0, 0.05) is 36.5 Å². The molecule has 1 unspecified atom stereocenters. The molecule has 0 aliphatic rings. The van der Waals surface area contributed by atoms with E-state index in [4.69, 9.17) is 0 Å². The normalized spacial score (nSPS) is 12.7. The maximum atomic E-state index is 13.8. The van der Waals surface area contributed by atoms with Gasteiger partial charge in [0.25, 0.3) is 0 Å². The Hall–Kier alpha value is -1.82. The number of aryl methyl sites for hydroxylation is 1. The van der Waals surface area contributed by atoms with Gasteiger partial charge in [-0.2, -0.15) is 5.10 Å². The fourth-order valence-electron chi connectivity index (χ4n) is 2.16. The Labute approximate surface area is 115 Å². The summed E-state index contributed by atoms with van der Waals surface area (Å²) in [5, 5.41) is 6.97. The van der Waals surface area contributed by atoms with Gasteiger partial charge in [-0.25, -0.2) is 13.2 Å². The third-order valence-electron chi connectivity index (χ3n) is 3.19. The molecule has 3 nitrogen and oxygen atoms in total.